The van der Waals surface area contributed by atoms with Gasteiger partial charge in [-0.1, -0.05) is 19.3 Å². The van der Waals surface area contributed by atoms with E-state index in [0.29, 0.717) is 17.7 Å². The minimum absolute atomic E-state index is 0.387. The van der Waals surface area contributed by atoms with Gasteiger partial charge < -0.3 is 0 Å². The second kappa shape index (κ2) is 6.02. The van der Waals surface area contributed by atoms with Gasteiger partial charge in [0.05, 0.1) is 0 Å². The third-order valence-corrected chi connectivity index (χ3v) is 7.08. The van der Waals surface area contributed by atoms with E-state index in [1.54, 1.807) is 0 Å². The first-order valence-corrected chi connectivity index (χ1v) is 9.58. The monoisotopic (exact) mass is 289 g/mol. The quantitative estimate of drug-likeness (QED) is 0.781. The molecule has 4 rings (SSSR count). The number of Topliss-reactive ketones (excluding diaryl/α,β-unsaturated/α-hetero) is 1. The van der Waals surface area contributed by atoms with E-state index >= 15 is 0 Å². The van der Waals surface area contributed by atoms with E-state index in [4.69, 9.17) is 0 Å². The van der Waals surface area contributed by atoms with Crippen LogP contribution < -0.4 is 0 Å². The maximum Gasteiger partial charge on any atom is 0.137 e. The summed E-state index contributed by atoms with van der Waals surface area (Å²) in [5.74, 6) is 4.02. The predicted molar refractivity (Wildman–Crippen MR) is 85.1 cm³/mol. The molecule has 2 heteroatoms. The van der Waals surface area contributed by atoms with Crippen LogP contribution in [0, 0.1) is 23.7 Å². The molecule has 21 heavy (non-hydrogen) atoms. The van der Waals surface area contributed by atoms with Crippen molar-refractivity contribution < 1.29 is 4.79 Å². The van der Waals surface area contributed by atoms with E-state index < -0.39 is 0 Å². The fourth-order valence-electron chi connectivity index (χ4n) is 6.02. The van der Waals surface area contributed by atoms with Crippen molar-refractivity contribution in [3.05, 3.63) is 0 Å². The van der Waals surface area contributed by atoms with Crippen molar-refractivity contribution in [2.24, 2.45) is 23.7 Å². The van der Waals surface area contributed by atoms with E-state index in [-0.39, 0.29) is 0 Å². The van der Waals surface area contributed by atoms with Gasteiger partial charge >= 0.3 is 0 Å². The number of carbonyl (C=O) groups excluding carboxylic acids is 1. The summed E-state index contributed by atoms with van der Waals surface area (Å²) in [6.45, 7) is 2.58. The summed E-state index contributed by atoms with van der Waals surface area (Å²) in [6.07, 6.45) is 14.5. The molecule has 4 aliphatic rings. The van der Waals surface area contributed by atoms with Crippen molar-refractivity contribution >= 4 is 5.78 Å². The average molecular weight is 289 g/mol. The standard InChI is InChI=1S/C19H31NO/c21-19-7-2-1-5-17(19)18-6-3-4-10-20(18)13-16-12-14-8-9-15(16)11-14/h14-18H,1-13H2. The Labute approximate surface area is 129 Å². The van der Waals surface area contributed by atoms with Gasteiger partial charge in [-0.3, -0.25) is 9.69 Å². The molecule has 0 aromatic carbocycles. The number of nitrogens with zero attached hydrogens (tertiary/aromatic N) is 1. The Bertz CT molecular complexity index is 393. The van der Waals surface area contributed by atoms with Crippen LogP contribution in [-0.4, -0.2) is 29.8 Å². The summed E-state index contributed by atoms with van der Waals surface area (Å²) in [4.78, 5) is 15.1. The SMILES string of the molecule is O=C1CCCCC1C1CCCCN1CC1CC2CCC1C2. The van der Waals surface area contributed by atoms with Crippen molar-refractivity contribution in [3.8, 4) is 0 Å². The van der Waals surface area contributed by atoms with Gasteiger partial charge in [0.25, 0.3) is 0 Å². The Kier molecular flexibility index (Phi) is 4.08. The smallest absolute Gasteiger partial charge is 0.137 e. The lowest BCUT2D eigenvalue weighted by Gasteiger charge is -2.43. The Morgan fingerprint density at radius 3 is 2.62 bits per heavy atom. The Hall–Kier alpha value is -0.370. The van der Waals surface area contributed by atoms with Crippen molar-refractivity contribution in [1.82, 2.24) is 4.90 Å². The van der Waals surface area contributed by atoms with E-state index in [0.717, 1.165) is 30.6 Å². The molecule has 3 aliphatic carbocycles. The highest BCUT2D eigenvalue weighted by atomic mass is 16.1. The Morgan fingerprint density at radius 2 is 1.86 bits per heavy atom. The maximum absolute atomic E-state index is 12.4. The molecule has 2 bridgehead atoms. The van der Waals surface area contributed by atoms with Crippen LogP contribution in [0.1, 0.15) is 70.6 Å². The first-order chi connectivity index (χ1) is 10.3. The minimum atomic E-state index is 0.387. The summed E-state index contributed by atoms with van der Waals surface area (Å²) >= 11 is 0. The number of piperidine rings is 1. The fourth-order valence-corrected chi connectivity index (χ4v) is 6.02. The lowest BCUT2D eigenvalue weighted by atomic mass is 9.78. The highest BCUT2D eigenvalue weighted by molar-refractivity contribution is 5.82. The molecule has 1 heterocycles. The molecular formula is C19H31NO. The largest absolute Gasteiger partial charge is 0.299 e. The molecule has 3 saturated carbocycles. The van der Waals surface area contributed by atoms with Crippen LogP contribution in [0.5, 0.6) is 0 Å². The summed E-state index contributed by atoms with van der Waals surface area (Å²) in [7, 11) is 0. The number of ketones is 1. The zero-order valence-electron chi connectivity index (χ0n) is 13.4. The molecule has 0 aromatic rings. The molecule has 1 saturated heterocycles. The highest BCUT2D eigenvalue weighted by Crippen LogP contribution is 2.49. The van der Waals surface area contributed by atoms with Gasteiger partial charge in [-0.15, -0.1) is 0 Å². The molecule has 118 valence electrons. The van der Waals surface area contributed by atoms with Crippen molar-refractivity contribution in [2.45, 2.75) is 76.7 Å². The first kappa shape index (κ1) is 14.2. The van der Waals surface area contributed by atoms with Crippen molar-refractivity contribution in [1.29, 1.82) is 0 Å². The number of hydrogen-bond donors (Lipinski definition) is 0. The second-order valence-corrected chi connectivity index (χ2v) is 8.31. The van der Waals surface area contributed by atoms with Crippen LogP contribution in [-0.2, 0) is 4.79 Å². The molecule has 1 aliphatic heterocycles. The van der Waals surface area contributed by atoms with Crippen LogP contribution >= 0.6 is 0 Å². The van der Waals surface area contributed by atoms with Crippen molar-refractivity contribution in [2.75, 3.05) is 13.1 Å². The lowest BCUT2D eigenvalue weighted by Crippen LogP contribution is -2.49. The summed E-state index contributed by atoms with van der Waals surface area (Å²) < 4.78 is 0. The third kappa shape index (κ3) is 2.81. The Morgan fingerprint density at radius 1 is 0.952 bits per heavy atom. The molecule has 0 aromatic heterocycles. The van der Waals surface area contributed by atoms with Crippen LogP contribution in [0.3, 0.4) is 0 Å². The number of fused-ring (bicyclic) bond motifs is 2. The molecular weight excluding hydrogens is 258 g/mol. The highest BCUT2D eigenvalue weighted by Gasteiger charge is 2.42. The third-order valence-electron chi connectivity index (χ3n) is 7.08. The van der Waals surface area contributed by atoms with Gasteiger partial charge in [0.2, 0.25) is 0 Å². The van der Waals surface area contributed by atoms with Crippen LogP contribution in [0.15, 0.2) is 0 Å². The van der Waals surface area contributed by atoms with Crippen LogP contribution in [0.2, 0.25) is 0 Å². The number of hydrogen-bond acceptors (Lipinski definition) is 2. The predicted octanol–water partition coefficient (Wildman–Crippen LogP) is 4.04. The number of likely N-dealkylation sites (tertiary alicyclic amines) is 1. The molecule has 0 radical (unpaired) electrons. The normalized spacial score (nSPS) is 44.4. The van der Waals surface area contributed by atoms with Gasteiger partial charge in [-0.05, 0) is 69.2 Å². The van der Waals surface area contributed by atoms with E-state index in [2.05, 4.69) is 4.90 Å². The fraction of sp³-hybridized carbons (Fsp3) is 0.947. The molecule has 4 fully saturated rings. The van der Waals surface area contributed by atoms with Gasteiger partial charge in [-0.2, -0.15) is 0 Å². The van der Waals surface area contributed by atoms with Gasteiger partial charge in [-0.25, -0.2) is 0 Å². The van der Waals surface area contributed by atoms with Crippen LogP contribution in [0.25, 0.3) is 0 Å². The zero-order valence-corrected chi connectivity index (χ0v) is 13.4. The molecule has 0 N–H and O–H groups in total. The topological polar surface area (TPSA) is 20.3 Å². The van der Waals surface area contributed by atoms with Gasteiger partial charge in [0, 0.05) is 24.9 Å². The van der Waals surface area contributed by atoms with Crippen LogP contribution in [0.4, 0.5) is 0 Å². The van der Waals surface area contributed by atoms with E-state index in [9.17, 15) is 4.79 Å². The summed E-state index contributed by atoms with van der Waals surface area (Å²) in [6, 6.07) is 0.602. The van der Waals surface area contributed by atoms with E-state index in [1.165, 1.54) is 70.9 Å². The van der Waals surface area contributed by atoms with Crippen molar-refractivity contribution in [3.63, 3.8) is 0 Å². The summed E-state index contributed by atoms with van der Waals surface area (Å²) in [5, 5.41) is 0. The molecule has 2 nitrogen and oxygen atoms in total. The lowest BCUT2D eigenvalue weighted by molar-refractivity contribution is -0.128. The molecule has 5 unspecified atom stereocenters. The first-order valence-electron chi connectivity index (χ1n) is 9.58. The molecule has 0 amide bonds. The zero-order chi connectivity index (χ0) is 14.2. The molecule has 0 spiro atoms. The minimum Gasteiger partial charge on any atom is -0.299 e. The van der Waals surface area contributed by atoms with Gasteiger partial charge in [0.1, 0.15) is 5.78 Å². The maximum atomic E-state index is 12.4. The Balaban J connectivity index is 1.43. The number of rotatable bonds is 3. The average Bonchev–Trinajstić information content (AvgIpc) is 3.11. The van der Waals surface area contributed by atoms with Gasteiger partial charge in [0.15, 0.2) is 0 Å². The molecule has 5 atom stereocenters. The summed E-state index contributed by atoms with van der Waals surface area (Å²) in [5.41, 5.74) is 0. The second-order valence-electron chi connectivity index (χ2n) is 8.31. The van der Waals surface area contributed by atoms with E-state index in [1.807, 2.05) is 0 Å². The number of carbonyl (C=O) groups is 1.